The molecule has 1 aliphatic carbocycles. The highest BCUT2D eigenvalue weighted by atomic mass is 16.5. The lowest BCUT2D eigenvalue weighted by Crippen LogP contribution is -2.44. The number of aliphatic imine (C=N–C) groups is 1. The number of rotatable bonds is 5. The minimum atomic E-state index is 0.522. The van der Waals surface area contributed by atoms with E-state index in [0.29, 0.717) is 18.5 Å². The lowest BCUT2D eigenvalue weighted by Gasteiger charge is -2.25. The van der Waals surface area contributed by atoms with E-state index in [1.54, 1.807) is 7.11 Å². The van der Waals surface area contributed by atoms with Crippen LogP contribution in [-0.2, 0) is 13.6 Å². The van der Waals surface area contributed by atoms with E-state index >= 15 is 0 Å². The molecule has 156 valence electrons. The molecular formula is C22H32N6O. The van der Waals surface area contributed by atoms with Gasteiger partial charge in [0.15, 0.2) is 11.8 Å². The van der Waals surface area contributed by atoms with Gasteiger partial charge in [0.1, 0.15) is 18.1 Å². The van der Waals surface area contributed by atoms with Crippen LogP contribution in [0.5, 0.6) is 5.75 Å². The van der Waals surface area contributed by atoms with Gasteiger partial charge in [0.2, 0.25) is 0 Å². The number of ether oxygens (including phenoxy) is 1. The fourth-order valence-electron chi connectivity index (χ4n) is 4.32. The molecule has 2 aromatic rings. The first-order valence-electron chi connectivity index (χ1n) is 10.7. The maximum Gasteiger partial charge on any atom is 0.194 e. The van der Waals surface area contributed by atoms with Crippen LogP contribution in [-0.4, -0.2) is 51.9 Å². The SMILES string of the molecule is COc1ccc(C2CCN(C(=NCc3nnc(C)n3C)NC3CCCC3)C2)cc1. The molecule has 7 heteroatoms. The van der Waals surface area contributed by atoms with Crippen molar-refractivity contribution in [3.8, 4) is 5.75 Å². The summed E-state index contributed by atoms with van der Waals surface area (Å²) >= 11 is 0. The number of nitrogens with zero attached hydrogens (tertiary/aromatic N) is 5. The van der Waals surface area contributed by atoms with E-state index in [2.05, 4.69) is 44.7 Å². The van der Waals surface area contributed by atoms with Crippen LogP contribution < -0.4 is 10.1 Å². The fraction of sp³-hybridized carbons (Fsp3) is 0.591. The van der Waals surface area contributed by atoms with Gasteiger partial charge in [-0.3, -0.25) is 0 Å². The fourth-order valence-corrected chi connectivity index (χ4v) is 4.32. The highest BCUT2D eigenvalue weighted by molar-refractivity contribution is 5.80. The van der Waals surface area contributed by atoms with E-state index in [-0.39, 0.29) is 0 Å². The van der Waals surface area contributed by atoms with Crippen LogP contribution in [0.25, 0.3) is 0 Å². The first kappa shape index (κ1) is 19.7. The molecule has 2 fully saturated rings. The molecule has 0 spiro atoms. The summed E-state index contributed by atoms with van der Waals surface area (Å²) in [4.78, 5) is 7.37. The van der Waals surface area contributed by atoms with Crippen molar-refractivity contribution in [3.05, 3.63) is 41.5 Å². The number of hydrogen-bond donors (Lipinski definition) is 1. The molecule has 1 aromatic carbocycles. The Balaban J connectivity index is 1.47. The molecule has 1 unspecified atom stereocenters. The Hall–Kier alpha value is -2.57. The number of hydrogen-bond acceptors (Lipinski definition) is 4. The molecular weight excluding hydrogens is 364 g/mol. The smallest absolute Gasteiger partial charge is 0.194 e. The molecule has 29 heavy (non-hydrogen) atoms. The van der Waals surface area contributed by atoms with Crippen LogP contribution in [0.3, 0.4) is 0 Å². The summed E-state index contributed by atoms with van der Waals surface area (Å²) in [5.74, 6) is 4.27. The number of benzene rings is 1. The second-order valence-electron chi connectivity index (χ2n) is 8.19. The van der Waals surface area contributed by atoms with Gasteiger partial charge in [0.05, 0.1) is 7.11 Å². The molecule has 0 bridgehead atoms. The summed E-state index contributed by atoms with van der Waals surface area (Å²) in [6, 6.07) is 9.03. The predicted octanol–water partition coefficient (Wildman–Crippen LogP) is 3.01. The van der Waals surface area contributed by atoms with Gasteiger partial charge in [-0.25, -0.2) is 4.99 Å². The summed E-state index contributed by atoms with van der Waals surface area (Å²) in [7, 11) is 3.71. The monoisotopic (exact) mass is 396 g/mol. The third kappa shape index (κ3) is 4.54. The number of nitrogens with one attached hydrogen (secondary N) is 1. The Bertz CT molecular complexity index is 837. The average molecular weight is 397 g/mol. The zero-order valence-electron chi connectivity index (χ0n) is 17.8. The van der Waals surface area contributed by atoms with E-state index in [4.69, 9.17) is 9.73 Å². The summed E-state index contributed by atoms with van der Waals surface area (Å²) in [5.41, 5.74) is 1.37. The number of aromatic nitrogens is 3. The standard InChI is InChI=1S/C22H32N6O/c1-16-25-26-21(27(16)2)14-23-22(24-19-6-4-5-7-19)28-13-12-18(15-28)17-8-10-20(29-3)11-9-17/h8-11,18-19H,4-7,12-15H2,1-3H3,(H,23,24). The summed E-state index contributed by atoms with van der Waals surface area (Å²) in [6.07, 6.45) is 6.22. The van der Waals surface area contributed by atoms with Crippen molar-refractivity contribution < 1.29 is 4.74 Å². The predicted molar refractivity (Wildman–Crippen MR) is 114 cm³/mol. The number of methoxy groups -OCH3 is 1. The van der Waals surface area contributed by atoms with Crippen LogP contribution in [0, 0.1) is 6.92 Å². The molecule has 1 atom stereocenters. The van der Waals surface area contributed by atoms with E-state index in [1.165, 1.54) is 31.2 Å². The van der Waals surface area contributed by atoms with Gasteiger partial charge in [0, 0.05) is 32.1 Å². The Morgan fingerprint density at radius 2 is 1.93 bits per heavy atom. The zero-order chi connectivity index (χ0) is 20.2. The maximum atomic E-state index is 5.30. The van der Waals surface area contributed by atoms with Crippen LogP contribution in [0.4, 0.5) is 0 Å². The van der Waals surface area contributed by atoms with Crippen molar-refractivity contribution >= 4 is 5.96 Å². The van der Waals surface area contributed by atoms with Gasteiger partial charge in [-0.1, -0.05) is 25.0 Å². The second kappa shape index (κ2) is 8.84. The molecule has 7 nitrogen and oxygen atoms in total. The van der Waals surface area contributed by atoms with Gasteiger partial charge >= 0.3 is 0 Å². The molecule has 2 heterocycles. The highest BCUT2D eigenvalue weighted by Gasteiger charge is 2.28. The first-order chi connectivity index (χ1) is 14.1. The largest absolute Gasteiger partial charge is 0.497 e. The Kier molecular flexibility index (Phi) is 6.02. The van der Waals surface area contributed by atoms with Crippen molar-refractivity contribution in [2.75, 3.05) is 20.2 Å². The van der Waals surface area contributed by atoms with Gasteiger partial charge < -0.3 is 19.5 Å². The Morgan fingerprint density at radius 1 is 1.17 bits per heavy atom. The summed E-state index contributed by atoms with van der Waals surface area (Å²) < 4.78 is 7.31. The second-order valence-corrected chi connectivity index (χ2v) is 8.19. The number of aryl methyl sites for hydroxylation is 1. The minimum Gasteiger partial charge on any atom is -0.497 e. The Labute approximate surface area is 173 Å². The van der Waals surface area contributed by atoms with Crippen molar-refractivity contribution in [2.24, 2.45) is 12.0 Å². The normalized spacial score (nSPS) is 20.4. The van der Waals surface area contributed by atoms with E-state index in [9.17, 15) is 0 Å². The van der Waals surface area contributed by atoms with E-state index in [0.717, 1.165) is 42.9 Å². The summed E-state index contributed by atoms with van der Waals surface area (Å²) in [5, 5.41) is 12.2. The van der Waals surface area contributed by atoms with Gasteiger partial charge in [-0.15, -0.1) is 10.2 Å². The lowest BCUT2D eigenvalue weighted by atomic mass is 9.98. The summed E-state index contributed by atoms with van der Waals surface area (Å²) in [6.45, 7) is 4.53. The Morgan fingerprint density at radius 3 is 2.59 bits per heavy atom. The average Bonchev–Trinajstić information content (AvgIpc) is 3.49. The van der Waals surface area contributed by atoms with Gasteiger partial charge in [-0.2, -0.15) is 0 Å². The third-order valence-electron chi connectivity index (χ3n) is 6.32. The maximum absolute atomic E-state index is 5.30. The molecule has 1 aromatic heterocycles. The van der Waals surface area contributed by atoms with Crippen molar-refractivity contribution in [1.82, 2.24) is 25.0 Å². The molecule has 1 saturated heterocycles. The molecule has 4 rings (SSSR count). The van der Waals surface area contributed by atoms with Crippen molar-refractivity contribution in [3.63, 3.8) is 0 Å². The zero-order valence-corrected chi connectivity index (χ0v) is 17.8. The molecule has 1 saturated carbocycles. The topological polar surface area (TPSA) is 67.6 Å². The van der Waals surface area contributed by atoms with Gasteiger partial charge in [-0.05, 0) is 43.9 Å². The number of guanidine groups is 1. The minimum absolute atomic E-state index is 0.522. The molecule has 0 radical (unpaired) electrons. The van der Waals surface area contributed by atoms with Crippen LogP contribution in [0.2, 0.25) is 0 Å². The number of likely N-dealkylation sites (tertiary alicyclic amines) is 1. The van der Waals surface area contributed by atoms with Crippen molar-refractivity contribution in [2.45, 2.75) is 57.5 Å². The van der Waals surface area contributed by atoms with Gasteiger partial charge in [0.25, 0.3) is 0 Å². The van der Waals surface area contributed by atoms with E-state index in [1.807, 2.05) is 18.5 Å². The molecule has 0 amide bonds. The van der Waals surface area contributed by atoms with Crippen LogP contribution in [0.1, 0.15) is 55.2 Å². The van der Waals surface area contributed by atoms with Crippen LogP contribution >= 0.6 is 0 Å². The first-order valence-corrected chi connectivity index (χ1v) is 10.7. The highest BCUT2D eigenvalue weighted by Crippen LogP contribution is 2.29. The lowest BCUT2D eigenvalue weighted by molar-refractivity contribution is 0.414. The van der Waals surface area contributed by atoms with E-state index < -0.39 is 0 Å². The third-order valence-corrected chi connectivity index (χ3v) is 6.32. The molecule has 2 aliphatic rings. The van der Waals surface area contributed by atoms with Crippen LogP contribution in [0.15, 0.2) is 29.3 Å². The molecule has 1 N–H and O–H groups in total. The van der Waals surface area contributed by atoms with Crippen molar-refractivity contribution in [1.29, 1.82) is 0 Å². The molecule has 1 aliphatic heterocycles. The quantitative estimate of drug-likeness (QED) is 0.622.